The number of aromatic nitrogens is 1. The van der Waals surface area contributed by atoms with Crippen molar-refractivity contribution in [2.24, 2.45) is 5.41 Å². The molecule has 0 radical (unpaired) electrons. The maximum absolute atomic E-state index is 14.1. The molecular formula is C25H33FN4O. The van der Waals surface area contributed by atoms with E-state index in [1.54, 1.807) is 6.07 Å². The van der Waals surface area contributed by atoms with Gasteiger partial charge in [0.05, 0.1) is 24.2 Å². The minimum absolute atomic E-state index is 0.0120. The molecule has 3 fully saturated rings. The zero-order valence-corrected chi connectivity index (χ0v) is 18.4. The average molecular weight is 425 g/mol. The number of rotatable bonds is 5. The fourth-order valence-electron chi connectivity index (χ4n) is 5.94. The lowest BCUT2D eigenvalue weighted by Gasteiger charge is -2.49. The highest BCUT2D eigenvalue weighted by Crippen LogP contribution is 2.47. The Morgan fingerprint density at radius 2 is 1.97 bits per heavy atom. The number of likely N-dealkylation sites (tertiary alicyclic amines) is 1. The lowest BCUT2D eigenvalue weighted by atomic mass is 9.78. The topological polar surface area (TPSA) is 42.8 Å². The lowest BCUT2D eigenvalue weighted by Crippen LogP contribution is -2.56. The van der Waals surface area contributed by atoms with E-state index in [0.717, 1.165) is 48.7 Å². The van der Waals surface area contributed by atoms with Crippen molar-refractivity contribution >= 4 is 5.69 Å². The molecule has 3 heterocycles. The van der Waals surface area contributed by atoms with Gasteiger partial charge in [-0.25, -0.2) is 4.39 Å². The molecule has 166 valence electrons. The van der Waals surface area contributed by atoms with Gasteiger partial charge in [0.25, 0.3) is 0 Å². The molecule has 1 unspecified atom stereocenters. The number of aliphatic hydroxyl groups is 1. The third kappa shape index (κ3) is 4.09. The van der Waals surface area contributed by atoms with Gasteiger partial charge in [0, 0.05) is 56.9 Å². The molecule has 6 heteroatoms. The van der Waals surface area contributed by atoms with Crippen LogP contribution in [0.2, 0.25) is 0 Å². The van der Waals surface area contributed by atoms with Crippen LogP contribution in [0.4, 0.5) is 10.1 Å². The van der Waals surface area contributed by atoms with E-state index in [4.69, 9.17) is 0 Å². The first-order chi connectivity index (χ1) is 15.1. The average Bonchev–Trinajstić information content (AvgIpc) is 3.24. The minimum Gasteiger partial charge on any atom is -0.392 e. The Kier molecular flexibility index (Phi) is 5.71. The molecule has 1 atom stereocenters. The van der Waals surface area contributed by atoms with Crippen LogP contribution in [0.25, 0.3) is 11.3 Å². The van der Waals surface area contributed by atoms with Gasteiger partial charge in [-0.1, -0.05) is 25.1 Å². The molecule has 5 rings (SSSR count). The molecule has 2 saturated heterocycles. The molecule has 1 aromatic heterocycles. The Morgan fingerprint density at radius 3 is 2.71 bits per heavy atom. The van der Waals surface area contributed by atoms with Crippen molar-refractivity contribution in [3.8, 4) is 11.3 Å². The molecular weight excluding hydrogens is 391 g/mol. The highest BCUT2D eigenvalue weighted by Gasteiger charge is 2.48. The lowest BCUT2D eigenvalue weighted by molar-refractivity contribution is 0.00367. The molecule has 2 aliphatic heterocycles. The summed E-state index contributed by atoms with van der Waals surface area (Å²) in [5, 5.41) is 9.49. The first-order valence-corrected chi connectivity index (χ1v) is 11.7. The van der Waals surface area contributed by atoms with Crippen LogP contribution in [0.15, 0.2) is 36.5 Å². The maximum Gasteiger partial charge on any atom is 0.143 e. The van der Waals surface area contributed by atoms with Crippen molar-refractivity contribution in [3.63, 3.8) is 0 Å². The van der Waals surface area contributed by atoms with E-state index < -0.39 is 0 Å². The Hall–Kier alpha value is -2.02. The number of hydrogen-bond acceptors (Lipinski definition) is 5. The predicted octanol–water partition coefficient (Wildman–Crippen LogP) is 3.38. The van der Waals surface area contributed by atoms with Crippen molar-refractivity contribution in [2.45, 2.75) is 38.8 Å². The fraction of sp³-hybridized carbons (Fsp3) is 0.560. The second-order valence-electron chi connectivity index (χ2n) is 9.60. The van der Waals surface area contributed by atoms with E-state index in [1.165, 1.54) is 45.1 Å². The van der Waals surface area contributed by atoms with Gasteiger partial charge in [-0.2, -0.15) is 0 Å². The van der Waals surface area contributed by atoms with Crippen molar-refractivity contribution in [1.29, 1.82) is 0 Å². The van der Waals surface area contributed by atoms with Gasteiger partial charge < -0.3 is 14.9 Å². The van der Waals surface area contributed by atoms with Gasteiger partial charge in [-0.3, -0.25) is 9.88 Å². The predicted molar refractivity (Wildman–Crippen MR) is 122 cm³/mol. The molecule has 1 spiro atoms. The van der Waals surface area contributed by atoms with E-state index >= 15 is 0 Å². The molecule has 31 heavy (non-hydrogen) atoms. The Bertz CT molecular complexity index is 921. The maximum atomic E-state index is 14.1. The minimum atomic E-state index is -0.303. The monoisotopic (exact) mass is 424 g/mol. The summed E-state index contributed by atoms with van der Waals surface area (Å²) in [7, 11) is 0. The van der Waals surface area contributed by atoms with E-state index in [2.05, 4.69) is 26.6 Å². The highest BCUT2D eigenvalue weighted by atomic mass is 19.1. The van der Waals surface area contributed by atoms with Crippen LogP contribution in [0.5, 0.6) is 0 Å². The summed E-state index contributed by atoms with van der Waals surface area (Å²) in [4.78, 5) is 11.9. The quantitative estimate of drug-likeness (QED) is 0.797. The highest BCUT2D eigenvalue weighted by molar-refractivity contribution is 5.75. The summed E-state index contributed by atoms with van der Waals surface area (Å²) in [6, 6.07) is 10.0. The van der Waals surface area contributed by atoms with Gasteiger partial charge >= 0.3 is 0 Å². The largest absolute Gasteiger partial charge is 0.392 e. The Balaban J connectivity index is 1.27. The van der Waals surface area contributed by atoms with Crippen molar-refractivity contribution in [3.05, 3.63) is 47.9 Å². The summed E-state index contributed by atoms with van der Waals surface area (Å²) in [5.74, 6) is -0.303. The summed E-state index contributed by atoms with van der Waals surface area (Å²) >= 11 is 0. The van der Waals surface area contributed by atoms with E-state index in [-0.39, 0.29) is 12.4 Å². The normalized spacial score (nSPS) is 24.0. The van der Waals surface area contributed by atoms with Crippen LogP contribution in [0, 0.1) is 11.2 Å². The van der Waals surface area contributed by atoms with Crippen molar-refractivity contribution in [1.82, 2.24) is 14.8 Å². The van der Waals surface area contributed by atoms with Gasteiger partial charge in [0.15, 0.2) is 0 Å². The van der Waals surface area contributed by atoms with Crippen LogP contribution >= 0.6 is 0 Å². The SMILES string of the molecule is CCN1CC2(CCC(N3CCN(c4cc(F)cnc4-c4cccc(CO)c4)CC3)C2)C1. The second-order valence-corrected chi connectivity index (χ2v) is 9.60. The number of nitrogens with zero attached hydrogens (tertiary/aromatic N) is 4. The number of aliphatic hydroxyl groups excluding tert-OH is 1. The summed E-state index contributed by atoms with van der Waals surface area (Å²) < 4.78 is 14.1. The van der Waals surface area contributed by atoms with Crippen LogP contribution in [0.1, 0.15) is 31.7 Å². The molecule has 1 aromatic carbocycles. The molecule has 1 N–H and O–H groups in total. The van der Waals surface area contributed by atoms with Crippen LogP contribution in [-0.4, -0.2) is 71.7 Å². The second kappa shape index (κ2) is 8.49. The molecule has 3 aliphatic rings. The molecule has 1 aliphatic carbocycles. The Labute approximate surface area is 184 Å². The van der Waals surface area contributed by atoms with Crippen molar-refractivity contribution < 1.29 is 9.50 Å². The Morgan fingerprint density at radius 1 is 1.16 bits per heavy atom. The number of pyridine rings is 1. The number of hydrogen-bond donors (Lipinski definition) is 1. The number of halogens is 1. The standard InChI is InChI=1S/C25H33FN4O/c1-2-28-17-25(18-28)7-6-22(14-25)29-8-10-30(11-9-29)23-13-21(26)15-27-24(23)20-5-3-4-19(12-20)16-31/h3-5,12-13,15,22,31H,2,6-11,14,16-18H2,1H3. The summed E-state index contributed by atoms with van der Waals surface area (Å²) in [6.07, 6.45) is 5.31. The summed E-state index contributed by atoms with van der Waals surface area (Å²) in [5.41, 5.74) is 3.99. The first-order valence-electron chi connectivity index (χ1n) is 11.7. The smallest absolute Gasteiger partial charge is 0.143 e. The van der Waals surface area contributed by atoms with Crippen LogP contribution < -0.4 is 4.90 Å². The van der Waals surface area contributed by atoms with E-state index in [1.807, 2.05) is 24.3 Å². The zero-order chi connectivity index (χ0) is 21.4. The van der Waals surface area contributed by atoms with Gasteiger partial charge in [0.2, 0.25) is 0 Å². The van der Waals surface area contributed by atoms with Gasteiger partial charge in [-0.05, 0) is 42.9 Å². The van der Waals surface area contributed by atoms with Crippen LogP contribution in [0.3, 0.4) is 0 Å². The van der Waals surface area contributed by atoms with E-state index in [9.17, 15) is 9.50 Å². The molecule has 0 bridgehead atoms. The van der Waals surface area contributed by atoms with Gasteiger partial charge in [-0.15, -0.1) is 0 Å². The van der Waals surface area contributed by atoms with Crippen LogP contribution in [-0.2, 0) is 6.61 Å². The molecule has 0 amide bonds. The summed E-state index contributed by atoms with van der Waals surface area (Å²) in [6.45, 7) is 9.81. The fourth-order valence-corrected chi connectivity index (χ4v) is 5.94. The number of anilines is 1. The number of piperazine rings is 1. The molecule has 2 aromatic rings. The van der Waals surface area contributed by atoms with Crippen molar-refractivity contribution in [2.75, 3.05) is 50.7 Å². The number of benzene rings is 1. The molecule has 1 saturated carbocycles. The van der Waals surface area contributed by atoms with E-state index in [0.29, 0.717) is 11.5 Å². The first kappa shape index (κ1) is 20.9. The van der Waals surface area contributed by atoms with Gasteiger partial charge in [0.1, 0.15) is 5.82 Å². The third-order valence-corrected chi connectivity index (χ3v) is 7.63. The zero-order valence-electron chi connectivity index (χ0n) is 18.4. The third-order valence-electron chi connectivity index (χ3n) is 7.63. The molecule has 5 nitrogen and oxygen atoms in total.